The van der Waals surface area contributed by atoms with Crippen LogP contribution in [-0.2, 0) is 17.5 Å². The lowest BCUT2D eigenvalue weighted by atomic mass is 10.1. The molecule has 0 unspecified atom stereocenters. The Morgan fingerprint density at radius 1 is 1.07 bits per heavy atom. The summed E-state index contributed by atoms with van der Waals surface area (Å²) in [6, 6.07) is 3.28. The van der Waals surface area contributed by atoms with Gasteiger partial charge in [-0.1, -0.05) is 6.92 Å². The van der Waals surface area contributed by atoms with E-state index in [-0.39, 0.29) is 17.9 Å². The van der Waals surface area contributed by atoms with Gasteiger partial charge in [-0.05, 0) is 12.1 Å². The third kappa shape index (κ3) is 4.29. The molecule has 2 rings (SSSR count). The zero-order valence-electron chi connectivity index (χ0n) is 14.1. The quantitative estimate of drug-likeness (QED) is 0.242. The highest BCUT2D eigenvalue weighted by Crippen LogP contribution is 2.37. The van der Waals surface area contributed by atoms with Gasteiger partial charge in [0, 0.05) is 30.3 Å². The summed E-state index contributed by atoms with van der Waals surface area (Å²) in [4.78, 5) is 11.3. The molecule has 4 nitrogen and oxygen atoms in total. The average molecular weight is 411 g/mol. The van der Waals surface area contributed by atoms with Crippen molar-refractivity contribution in [2.75, 3.05) is 5.32 Å². The van der Waals surface area contributed by atoms with Crippen LogP contribution in [0.3, 0.4) is 0 Å². The van der Waals surface area contributed by atoms with Crippen LogP contribution in [0.4, 0.5) is 36.4 Å². The second-order valence-corrected chi connectivity index (χ2v) is 5.47. The van der Waals surface area contributed by atoms with E-state index in [1.165, 1.54) is 13.0 Å². The van der Waals surface area contributed by atoms with Crippen LogP contribution in [0.1, 0.15) is 24.5 Å². The van der Waals surface area contributed by atoms with Gasteiger partial charge in [0.1, 0.15) is 5.56 Å². The normalized spacial score (nSPS) is 11.4. The average Bonchev–Trinajstić information content (AvgIpc) is 2.61. The number of esters is 1. The molecular formula is C17H12F7NO3. The highest BCUT2D eigenvalue weighted by molar-refractivity contribution is 5.73. The Morgan fingerprint density at radius 2 is 1.64 bits per heavy atom. The molecule has 0 saturated carbocycles. The molecule has 0 fully saturated rings. The molecule has 152 valence electrons. The summed E-state index contributed by atoms with van der Waals surface area (Å²) >= 11 is 0. The van der Waals surface area contributed by atoms with Crippen LogP contribution >= 0.6 is 0 Å². The Morgan fingerprint density at radius 3 is 2.14 bits per heavy atom. The summed E-state index contributed by atoms with van der Waals surface area (Å²) in [6.07, 6.45) is -5.64. The highest BCUT2D eigenvalue weighted by atomic mass is 19.4. The fraction of sp³-hybridized carbons (Fsp3) is 0.235. The second kappa shape index (κ2) is 7.95. The smallest absolute Gasteiger partial charge is 0.422 e. The van der Waals surface area contributed by atoms with Crippen LogP contribution in [0.2, 0.25) is 0 Å². The van der Waals surface area contributed by atoms with E-state index in [0.29, 0.717) is 0 Å². The molecule has 0 aliphatic heterocycles. The number of hydrogen-bond acceptors (Lipinski definition) is 4. The molecule has 0 aromatic heterocycles. The van der Waals surface area contributed by atoms with Gasteiger partial charge in [-0.25, -0.2) is 17.6 Å². The maximum Gasteiger partial charge on any atom is 0.422 e. The van der Waals surface area contributed by atoms with Crippen molar-refractivity contribution in [1.82, 2.24) is 0 Å². The standard InChI is InChI=1S/C17H12F7NO3/c1-2-11(27)28-10-5-7(3-4-9(10)26)25-6-8-13(18)15(20)12(17(22,23)24)16(21)14(8)19/h3-5,25-26H,2,6H2,1H3. The summed E-state index contributed by atoms with van der Waals surface area (Å²) in [5, 5.41) is 11.9. The summed E-state index contributed by atoms with van der Waals surface area (Å²) in [5.41, 5.74) is -3.97. The first-order chi connectivity index (χ1) is 13.0. The number of alkyl halides is 3. The summed E-state index contributed by atoms with van der Waals surface area (Å²) in [6.45, 7) is 0.552. The number of ether oxygens (including phenoxy) is 1. The number of nitrogens with one attached hydrogen (secondary N) is 1. The number of carbonyl (C=O) groups is 1. The Bertz CT molecular complexity index is 884. The van der Waals surface area contributed by atoms with E-state index in [1.54, 1.807) is 0 Å². The number of phenols is 1. The molecule has 28 heavy (non-hydrogen) atoms. The molecule has 0 amide bonds. The monoisotopic (exact) mass is 411 g/mol. The molecular weight excluding hydrogens is 399 g/mol. The van der Waals surface area contributed by atoms with Crippen LogP contribution in [0.5, 0.6) is 11.5 Å². The van der Waals surface area contributed by atoms with Gasteiger partial charge in [-0.15, -0.1) is 0 Å². The third-order valence-electron chi connectivity index (χ3n) is 3.58. The van der Waals surface area contributed by atoms with Gasteiger partial charge < -0.3 is 15.2 Å². The van der Waals surface area contributed by atoms with E-state index in [0.717, 1.165) is 12.1 Å². The van der Waals surface area contributed by atoms with Crippen molar-refractivity contribution in [3.8, 4) is 11.5 Å². The maximum atomic E-state index is 13.9. The SMILES string of the molecule is CCC(=O)Oc1cc(NCc2c(F)c(F)c(C(F)(F)F)c(F)c2F)ccc1O. The molecule has 2 aromatic carbocycles. The number of phenolic OH excluding ortho intramolecular Hbond substituents is 1. The number of halogens is 7. The van der Waals surface area contributed by atoms with Crippen LogP contribution in [0, 0.1) is 23.3 Å². The topological polar surface area (TPSA) is 58.6 Å². The summed E-state index contributed by atoms with van der Waals surface area (Å²) < 4.78 is 97.5. The first-order valence-electron chi connectivity index (χ1n) is 7.66. The molecule has 0 bridgehead atoms. The lowest BCUT2D eigenvalue weighted by Crippen LogP contribution is -2.18. The number of rotatable bonds is 5. The lowest BCUT2D eigenvalue weighted by Gasteiger charge is -2.15. The Labute approximate surface area is 153 Å². The fourth-order valence-electron chi connectivity index (χ4n) is 2.17. The lowest BCUT2D eigenvalue weighted by molar-refractivity contribution is -0.143. The van der Waals surface area contributed by atoms with Crippen molar-refractivity contribution in [3.63, 3.8) is 0 Å². The first kappa shape index (κ1) is 21.3. The number of benzene rings is 2. The molecule has 0 spiro atoms. The zero-order valence-corrected chi connectivity index (χ0v) is 14.1. The number of anilines is 1. The van der Waals surface area contributed by atoms with Gasteiger partial charge in [0.15, 0.2) is 34.8 Å². The van der Waals surface area contributed by atoms with E-state index in [1.807, 2.05) is 0 Å². The van der Waals surface area contributed by atoms with Crippen LogP contribution < -0.4 is 10.1 Å². The number of carbonyl (C=O) groups excluding carboxylic acids is 1. The molecule has 0 atom stereocenters. The minimum Gasteiger partial charge on any atom is -0.504 e. The molecule has 0 aliphatic rings. The van der Waals surface area contributed by atoms with Crippen molar-refractivity contribution >= 4 is 11.7 Å². The third-order valence-corrected chi connectivity index (χ3v) is 3.58. The van der Waals surface area contributed by atoms with E-state index >= 15 is 0 Å². The molecule has 0 radical (unpaired) electrons. The zero-order chi connectivity index (χ0) is 21.2. The van der Waals surface area contributed by atoms with Gasteiger partial charge in [-0.3, -0.25) is 4.79 Å². The van der Waals surface area contributed by atoms with Crippen LogP contribution in [0.15, 0.2) is 18.2 Å². The van der Waals surface area contributed by atoms with E-state index < -0.39 is 58.8 Å². The molecule has 0 heterocycles. The van der Waals surface area contributed by atoms with Gasteiger partial charge in [0.25, 0.3) is 0 Å². The molecule has 2 N–H and O–H groups in total. The van der Waals surface area contributed by atoms with Gasteiger partial charge in [0.2, 0.25) is 0 Å². The fourth-order valence-corrected chi connectivity index (χ4v) is 2.17. The van der Waals surface area contributed by atoms with Crippen LogP contribution in [-0.4, -0.2) is 11.1 Å². The maximum absolute atomic E-state index is 13.9. The van der Waals surface area contributed by atoms with Gasteiger partial charge in [0.05, 0.1) is 0 Å². The van der Waals surface area contributed by atoms with E-state index in [9.17, 15) is 40.6 Å². The number of hydrogen-bond donors (Lipinski definition) is 2. The molecule has 0 aliphatic carbocycles. The number of aromatic hydroxyl groups is 1. The summed E-state index contributed by atoms with van der Waals surface area (Å²) in [7, 11) is 0. The van der Waals surface area contributed by atoms with E-state index in [4.69, 9.17) is 4.74 Å². The summed E-state index contributed by atoms with van der Waals surface area (Å²) in [5.74, 6) is -11.0. The predicted molar refractivity (Wildman–Crippen MR) is 82.6 cm³/mol. The largest absolute Gasteiger partial charge is 0.504 e. The minimum absolute atomic E-state index is 0.00350. The first-order valence-corrected chi connectivity index (χ1v) is 7.66. The van der Waals surface area contributed by atoms with Crippen molar-refractivity contribution in [1.29, 1.82) is 0 Å². The minimum atomic E-state index is -5.63. The predicted octanol–water partition coefficient (Wildman–Crippen LogP) is 4.89. The van der Waals surface area contributed by atoms with E-state index in [2.05, 4.69) is 5.32 Å². The van der Waals surface area contributed by atoms with Crippen molar-refractivity contribution in [3.05, 3.63) is 52.6 Å². The Kier molecular flexibility index (Phi) is 6.05. The van der Waals surface area contributed by atoms with Gasteiger partial charge >= 0.3 is 12.1 Å². The van der Waals surface area contributed by atoms with Crippen LogP contribution in [0.25, 0.3) is 0 Å². The molecule has 2 aromatic rings. The Hall–Kier alpha value is -2.98. The molecule has 0 saturated heterocycles. The second-order valence-electron chi connectivity index (χ2n) is 5.47. The van der Waals surface area contributed by atoms with Gasteiger partial charge in [-0.2, -0.15) is 13.2 Å². The molecule has 11 heteroatoms. The van der Waals surface area contributed by atoms with Crippen molar-refractivity contribution in [2.24, 2.45) is 0 Å². The van der Waals surface area contributed by atoms with Crippen molar-refractivity contribution in [2.45, 2.75) is 26.1 Å². The highest BCUT2D eigenvalue weighted by Gasteiger charge is 2.42. The Balaban J connectivity index is 2.33. The van der Waals surface area contributed by atoms with Crippen molar-refractivity contribution < 1.29 is 45.4 Å².